The summed E-state index contributed by atoms with van der Waals surface area (Å²) >= 11 is 0. The van der Waals surface area contributed by atoms with E-state index < -0.39 is 28.4 Å². The third-order valence-electron chi connectivity index (χ3n) is 4.99. The van der Waals surface area contributed by atoms with Crippen LogP contribution in [-0.2, 0) is 14.3 Å². The maximum absolute atomic E-state index is 12.9. The maximum atomic E-state index is 12.9. The lowest BCUT2D eigenvalue weighted by Crippen LogP contribution is -2.33. The topological polar surface area (TPSA) is 139 Å². The molecule has 1 aliphatic rings. The minimum atomic E-state index is -0.956. The summed E-state index contributed by atoms with van der Waals surface area (Å²) in [6, 6.07) is 10.9. The number of nitro groups is 1. The number of nitro benzene ring substituents is 1. The van der Waals surface area contributed by atoms with Crippen molar-refractivity contribution in [1.29, 1.82) is 0 Å². The molecule has 32 heavy (non-hydrogen) atoms. The first-order chi connectivity index (χ1) is 15.4. The fourth-order valence-corrected chi connectivity index (χ4v) is 3.52. The molecule has 3 rings (SSSR count). The Balaban J connectivity index is 2.11. The number of Topliss-reactive ketones (excluding diaryl/α,β-unsaturated/α-hetero) is 1. The molecule has 0 radical (unpaired) electrons. The summed E-state index contributed by atoms with van der Waals surface area (Å²) in [7, 11) is 1.47. The molecular formula is C22H22N2O8. The van der Waals surface area contributed by atoms with Crippen LogP contribution < -0.4 is 4.74 Å². The summed E-state index contributed by atoms with van der Waals surface area (Å²) in [5.74, 6) is -1.78. The molecule has 0 spiro atoms. The second-order valence-electron chi connectivity index (χ2n) is 6.91. The monoisotopic (exact) mass is 442 g/mol. The molecule has 168 valence electrons. The van der Waals surface area contributed by atoms with Crippen molar-refractivity contribution >= 4 is 23.1 Å². The minimum absolute atomic E-state index is 0.0260. The Morgan fingerprint density at radius 1 is 1.16 bits per heavy atom. The van der Waals surface area contributed by atoms with Gasteiger partial charge in [-0.3, -0.25) is 19.7 Å². The van der Waals surface area contributed by atoms with E-state index in [0.717, 1.165) is 6.07 Å². The number of nitrogens with zero attached hydrogens (tertiary/aromatic N) is 2. The largest absolute Gasteiger partial charge is 0.507 e. The zero-order valence-corrected chi connectivity index (χ0v) is 17.3. The fourth-order valence-electron chi connectivity index (χ4n) is 3.52. The van der Waals surface area contributed by atoms with E-state index in [9.17, 15) is 24.8 Å². The second kappa shape index (κ2) is 10.0. The average molecular weight is 442 g/mol. The molecule has 0 bridgehead atoms. The Morgan fingerprint density at radius 3 is 2.59 bits per heavy atom. The number of carbonyl (C=O) groups excluding carboxylic acids is 2. The van der Waals surface area contributed by atoms with Crippen LogP contribution in [0.4, 0.5) is 5.69 Å². The van der Waals surface area contributed by atoms with E-state index >= 15 is 0 Å². The normalized spacial score (nSPS) is 17.6. The molecule has 1 atom stereocenters. The maximum Gasteiger partial charge on any atom is 0.295 e. The van der Waals surface area contributed by atoms with Crippen molar-refractivity contribution in [2.24, 2.45) is 0 Å². The Morgan fingerprint density at radius 2 is 1.91 bits per heavy atom. The molecule has 0 aromatic heterocycles. The van der Waals surface area contributed by atoms with Crippen LogP contribution in [0.2, 0.25) is 0 Å². The van der Waals surface area contributed by atoms with Gasteiger partial charge in [0.1, 0.15) is 11.5 Å². The van der Waals surface area contributed by atoms with Crippen molar-refractivity contribution in [1.82, 2.24) is 4.90 Å². The summed E-state index contributed by atoms with van der Waals surface area (Å²) in [6.07, 6.45) is 0. The number of amides is 1. The molecule has 10 nitrogen and oxygen atoms in total. The van der Waals surface area contributed by atoms with Crippen LogP contribution in [0.3, 0.4) is 0 Å². The van der Waals surface area contributed by atoms with Crippen LogP contribution in [-0.4, -0.2) is 65.2 Å². The Hall–Kier alpha value is -3.76. The summed E-state index contributed by atoms with van der Waals surface area (Å²) in [4.78, 5) is 37.5. The molecule has 10 heteroatoms. The van der Waals surface area contributed by atoms with E-state index in [1.165, 1.54) is 30.2 Å². The van der Waals surface area contributed by atoms with Gasteiger partial charge >= 0.3 is 0 Å². The number of benzene rings is 2. The molecule has 1 saturated heterocycles. The van der Waals surface area contributed by atoms with E-state index in [0.29, 0.717) is 11.3 Å². The molecule has 1 aliphatic heterocycles. The molecule has 0 aliphatic carbocycles. The quantitative estimate of drug-likeness (QED) is 0.150. The minimum Gasteiger partial charge on any atom is -0.507 e. The lowest BCUT2D eigenvalue weighted by Gasteiger charge is -2.25. The van der Waals surface area contributed by atoms with Gasteiger partial charge in [-0.05, 0) is 17.7 Å². The average Bonchev–Trinajstić information content (AvgIpc) is 3.06. The number of aliphatic hydroxyl groups is 2. The van der Waals surface area contributed by atoms with Crippen LogP contribution in [0.5, 0.6) is 5.75 Å². The van der Waals surface area contributed by atoms with Crippen LogP contribution in [0.1, 0.15) is 17.2 Å². The zero-order chi connectivity index (χ0) is 23.3. The van der Waals surface area contributed by atoms with Gasteiger partial charge in [-0.1, -0.05) is 24.3 Å². The highest BCUT2D eigenvalue weighted by Gasteiger charge is 2.46. The number of aliphatic hydroxyl groups excluding tert-OH is 2. The van der Waals surface area contributed by atoms with Gasteiger partial charge in [0.15, 0.2) is 0 Å². The molecule has 0 saturated carbocycles. The lowest BCUT2D eigenvalue weighted by molar-refractivity contribution is -0.384. The van der Waals surface area contributed by atoms with Gasteiger partial charge in [0.2, 0.25) is 0 Å². The van der Waals surface area contributed by atoms with Crippen LogP contribution >= 0.6 is 0 Å². The number of rotatable bonds is 9. The predicted octanol–water partition coefficient (Wildman–Crippen LogP) is 2.03. The van der Waals surface area contributed by atoms with Crippen LogP contribution in [0.15, 0.2) is 54.1 Å². The van der Waals surface area contributed by atoms with Crippen LogP contribution in [0, 0.1) is 10.1 Å². The molecular weight excluding hydrogens is 420 g/mol. The molecule has 1 fully saturated rings. The summed E-state index contributed by atoms with van der Waals surface area (Å²) < 4.78 is 10.5. The lowest BCUT2D eigenvalue weighted by atomic mass is 9.95. The summed E-state index contributed by atoms with van der Waals surface area (Å²) in [5, 5.41) is 31.0. The summed E-state index contributed by atoms with van der Waals surface area (Å²) in [5.41, 5.74) is 0.101. The third-order valence-corrected chi connectivity index (χ3v) is 4.99. The highest BCUT2D eigenvalue weighted by Crippen LogP contribution is 2.40. The number of non-ortho nitro benzene ring substituents is 1. The Kier molecular flexibility index (Phi) is 7.18. The second-order valence-corrected chi connectivity index (χ2v) is 6.91. The van der Waals surface area contributed by atoms with E-state index in [-0.39, 0.29) is 43.2 Å². The van der Waals surface area contributed by atoms with Crippen LogP contribution in [0.25, 0.3) is 5.76 Å². The molecule has 2 N–H and O–H groups in total. The SMILES string of the molecule is COc1cccc(C2/C(=C(/O)c3cccc([N+](=O)[O-])c3)C(=O)C(=O)N2CCOCCO)c1. The smallest absolute Gasteiger partial charge is 0.295 e. The Labute approximate surface area is 183 Å². The zero-order valence-electron chi connectivity index (χ0n) is 17.3. The van der Waals surface area contributed by atoms with Crippen molar-refractivity contribution in [3.63, 3.8) is 0 Å². The first kappa shape index (κ1) is 22.9. The highest BCUT2D eigenvalue weighted by atomic mass is 16.6. The van der Waals surface area contributed by atoms with Crippen molar-refractivity contribution in [3.05, 3.63) is 75.3 Å². The van der Waals surface area contributed by atoms with Gasteiger partial charge in [0.25, 0.3) is 17.4 Å². The van der Waals surface area contributed by atoms with Crippen molar-refractivity contribution in [2.45, 2.75) is 6.04 Å². The number of carbonyl (C=O) groups is 2. The number of ether oxygens (including phenoxy) is 2. The first-order valence-corrected chi connectivity index (χ1v) is 9.74. The van der Waals surface area contributed by atoms with Gasteiger partial charge in [-0.2, -0.15) is 0 Å². The molecule has 2 aromatic rings. The standard InChI is InChI=1S/C22H22N2O8/c1-31-17-7-3-4-14(13-17)19-18(20(26)15-5-2-6-16(12-15)24(29)30)21(27)22(28)23(19)8-10-32-11-9-25/h2-7,12-13,19,25-26H,8-11H2,1H3/b20-18-. The van der Waals surface area contributed by atoms with Crippen molar-refractivity contribution in [3.8, 4) is 5.75 Å². The van der Waals surface area contributed by atoms with Gasteiger partial charge in [0.05, 0.1) is 43.5 Å². The first-order valence-electron chi connectivity index (χ1n) is 9.74. The van der Waals surface area contributed by atoms with Gasteiger partial charge in [0, 0.05) is 24.2 Å². The number of hydrogen-bond donors (Lipinski definition) is 2. The molecule has 1 heterocycles. The number of hydrogen-bond acceptors (Lipinski definition) is 8. The number of likely N-dealkylation sites (tertiary alicyclic amines) is 1. The van der Waals surface area contributed by atoms with Crippen molar-refractivity contribution in [2.75, 3.05) is 33.5 Å². The molecule has 1 unspecified atom stereocenters. The van der Waals surface area contributed by atoms with E-state index in [2.05, 4.69) is 0 Å². The van der Waals surface area contributed by atoms with Gasteiger partial charge < -0.3 is 24.6 Å². The van der Waals surface area contributed by atoms with E-state index in [1.807, 2.05) is 0 Å². The van der Waals surface area contributed by atoms with Gasteiger partial charge in [-0.15, -0.1) is 0 Å². The predicted molar refractivity (Wildman–Crippen MR) is 113 cm³/mol. The van der Waals surface area contributed by atoms with E-state index in [1.54, 1.807) is 24.3 Å². The van der Waals surface area contributed by atoms with Crippen molar-refractivity contribution < 1.29 is 34.2 Å². The Bertz CT molecular complexity index is 1070. The molecule has 2 aromatic carbocycles. The van der Waals surface area contributed by atoms with Gasteiger partial charge in [-0.25, -0.2) is 0 Å². The fraction of sp³-hybridized carbons (Fsp3) is 0.273. The number of ketones is 1. The highest BCUT2D eigenvalue weighted by molar-refractivity contribution is 6.46. The third kappa shape index (κ3) is 4.61. The number of methoxy groups -OCH3 is 1. The summed E-state index contributed by atoms with van der Waals surface area (Å²) in [6.45, 7) is -0.0323. The molecule has 1 amide bonds. The van der Waals surface area contributed by atoms with E-state index in [4.69, 9.17) is 14.6 Å².